The summed E-state index contributed by atoms with van der Waals surface area (Å²) in [5, 5.41) is 25.2. The summed E-state index contributed by atoms with van der Waals surface area (Å²) in [5.41, 5.74) is 3.10. The van der Waals surface area contributed by atoms with E-state index in [-0.39, 0.29) is 17.3 Å². The Hall–Kier alpha value is -1.75. The first kappa shape index (κ1) is 17.7. The SMILES string of the molecule is CCOc1cc2c(cc1O)C(=NOC)C[C@@H]1[C@@H]2CC[C@]2(C)[C@@H](O)CC[C@@H]12. The van der Waals surface area contributed by atoms with Gasteiger partial charge in [-0.05, 0) is 79.9 Å². The Balaban J connectivity index is 1.80. The van der Waals surface area contributed by atoms with Gasteiger partial charge in [-0.15, -0.1) is 0 Å². The van der Waals surface area contributed by atoms with E-state index in [1.165, 1.54) is 5.56 Å². The van der Waals surface area contributed by atoms with E-state index in [0.717, 1.165) is 43.4 Å². The minimum atomic E-state index is -0.198. The first-order valence-corrected chi connectivity index (χ1v) is 9.77. The molecule has 26 heavy (non-hydrogen) atoms. The molecule has 0 saturated heterocycles. The largest absolute Gasteiger partial charge is 0.504 e. The van der Waals surface area contributed by atoms with Gasteiger partial charge in [-0.3, -0.25) is 0 Å². The number of oxime groups is 1. The number of phenolic OH excluding ortho intramolecular Hbond substituents is 1. The van der Waals surface area contributed by atoms with Crippen LogP contribution in [0.1, 0.15) is 63.0 Å². The lowest BCUT2D eigenvalue weighted by Gasteiger charge is -2.50. The minimum absolute atomic E-state index is 0.0104. The van der Waals surface area contributed by atoms with Gasteiger partial charge in [0.15, 0.2) is 11.5 Å². The van der Waals surface area contributed by atoms with Crippen LogP contribution in [0.4, 0.5) is 0 Å². The third kappa shape index (κ3) is 2.51. The van der Waals surface area contributed by atoms with Crippen molar-refractivity contribution in [3.63, 3.8) is 0 Å². The van der Waals surface area contributed by atoms with Crippen LogP contribution in [0.15, 0.2) is 17.3 Å². The molecular weight excluding hydrogens is 330 g/mol. The van der Waals surface area contributed by atoms with Crippen LogP contribution in [-0.2, 0) is 4.84 Å². The van der Waals surface area contributed by atoms with Crippen molar-refractivity contribution in [3.05, 3.63) is 23.3 Å². The van der Waals surface area contributed by atoms with Crippen LogP contribution in [0.3, 0.4) is 0 Å². The molecule has 1 aromatic carbocycles. The molecule has 0 bridgehead atoms. The zero-order valence-electron chi connectivity index (χ0n) is 15.9. The Kier molecular flexibility index (Phi) is 4.38. The minimum Gasteiger partial charge on any atom is -0.504 e. The van der Waals surface area contributed by atoms with Gasteiger partial charge in [-0.2, -0.15) is 0 Å². The molecule has 4 rings (SSSR count). The number of hydrogen-bond acceptors (Lipinski definition) is 5. The normalized spacial score (nSPS) is 37.0. The van der Waals surface area contributed by atoms with Gasteiger partial charge in [0.2, 0.25) is 0 Å². The first-order valence-electron chi connectivity index (χ1n) is 9.77. The van der Waals surface area contributed by atoms with Gasteiger partial charge in [-0.1, -0.05) is 12.1 Å². The van der Waals surface area contributed by atoms with Crippen molar-refractivity contribution in [2.24, 2.45) is 22.4 Å². The van der Waals surface area contributed by atoms with E-state index in [0.29, 0.717) is 30.1 Å². The second kappa shape index (κ2) is 6.45. The third-order valence-electron chi connectivity index (χ3n) is 7.16. The maximum Gasteiger partial charge on any atom is 0.161 e. The zero-order chi connectivity index (χ0) is 18.5. The number of hydrogen-bond donors (Lipinski definition) is 2. The standard InChI is InChI=1S/C21H29NO4/c1-4-26-19-11-13-12-7-8-21(2)16(5-6-20(21)24)14(12)9-17(22-25-3)15(13)10-18(19)23/h10-12,14,16,20,23-24H,4-9H2,1-3H3/t12-,14-,16+,20+,21+/m1/s1. The molecule has 3 aliphatic rings. The average Bonchev–Trinajstić information content (AvgIpc) is 2.92. The Morgan fingerprint density at radius 3 is 2.81 bits per heavy atom. The van der Waals surface area contributed by atoms with Gasteiger partial charge in [-0.25, -0.2) is 0 Å². The molecule has 2 saturated carbocycles. The van der Waals surface area contributed by atoms with Crippen LogP contribution < -0.4 is 4.74 Å². The number of ether oxygens (including phenoxy) is 1. The third-order valence-corrected chi connectivity index (χ3v) is 7.16. The quantitative estimate of drug-likeness (QED) is 0.805. The van der Waals surface area contributed by atoms with Crippen LogP contribution >= 0.6 is 0 Å². The van der Waals surface area contributed by atoms with Crippen LogP contribution in [-0.4, -0.2) is 35.7 Å². The molecule has 0 unspecified atom stereocenters. The number of benzene rings is 1. The molecule has 2 fully saturated rings. The van der Waals surface area contributed by atoms with Crippen molar-refractivity contribution in [2.45, 2.75) is 58.0 Å². The van der Waals surface area contributed by atoms with E-state index in [2.05, 4.69) is 12.1 Å². The summed E-state index contributed by atoms with van der Waals surface area (Å²) in [6.07, 6.45) is 4.71. The second-order valence-corrected chi connectivity index (χ2v) is 8.28. The molecule has 5 nitrogen and oxygen atoms in total. The number of aliphatic hydroxyl groups is 1. The van der Waals surface area contributed by atoms with Crippen LogP contribution in [0.25, 0.3) is 0 Å². The van der Waals surface area contributed by atoms with Crippen LogP contribution in [0, 0.1) is 17.3 Å². The van der Waals surface area contributed by atoms with Crippen LogP contribution in [0.5, 0.6) is 11.5 Å². The molecule has 0 heterocycles. The van der Waals surface area contributed by atoms with Crippen molar-refractivity contribution in [1.82, 2.24) is 0 Å². The van der Waals surface area contributed by atoms with Gasteiger partial charge < -0.3 is 19.8 Å². The number of fused-ring (bicyclic) bond motifs is 5. The molecule has 0 spiro atoms. The fourth-order valence-corrected chi connectivity index (χ4v) is 5.87. The van der Waals surface area contributed by atoms with Gasteiger partial charge in [0.1, 0.15) is 7.11 Å². The Morgan fingerprint density at radius 1 is 1.27 bits per heavy atom. The topological polar surface area (TPSA) is 71.3 Å². The molecule has 0 amide bonds. The molecule has 5 heteroatoms. The summed E-state index contributed by atoms with van der Waals surface area (Å²) in [6.45, 7) is 4.70. The second-order valence-electron chi connectivity index (χ2n) is 8.28. The van der Waals surface area contributed by atoms with Crippen molar-refractivity contribution >= 4 is 5.71 Å². The highest BCUT2D eigenvalue weighted by molar-refractivity contribution is 6.03. The molecule has 0 aromatic heterocycles. The number of rotatable bonds is 3. The molecule has 0 aliphatic heterocycles. The lowest BCUT2D eigenvalue weighted by atomic mass is 9.55. The molecule has 2 N–H and O–H groups in total. The van der Waals surface area contributed by atoms with E-state index < -0.39 is 0 Å². The molecule has 0 radical (unpaired) electrons. The van der Waals surface area contributed by atoms with E-state index in [4.69, 9.17) is 9.57 Å². The van der Waals surface area contributed by atoms with Crippen molar-refractivity contribution < 1.29 is 19.8 Å². The van der Waals surface area contributed by atoms with Gasteiger partial charge >= 0.3 is 0 Å². The lowest BCUT2D eigenvalue weighted by molar-refractivity contribution is -0.0179. The monoisotopic (exact) mass is 359 g/mol. The molecule has 142 valence electrons. The molecule has 3 aliphatic carbocycles. The van der Waals surface area contributed by atoms with Gasteiger partial charge in [0.05, 0.1) is 18.4 Å². The van der Waals surface area contributed by atoms with E-state index >= 15 is 0 Å². The summed E-state index contributed by atoms with van der Waals surface area (Å²) in [5.74, 6) is 2.07. The number of aromatic hydroxyl groups is 1. The fraction of sp³-hybridized carbons (Fsp3) is 0.667. The van der Waals surface area contributed by atoms with Gasteiger partial charge in [0.25, 0.3) is 0 Å². The predicted octanol–water partition coefficient (Wildman–Crippen LogP) is 3.82. The Bertz CT molecular complexity index is 731. The highest BCUT2D eigenvalue weighted by atomic mass is 16.6. The molecule has 5 atom stereocenters. The number of nitrogens with zero attached hydrogens (tertiary/aromatic N) is 1. The van der Waals surface area contributed by atoms with E-state index in [1.807, 2.05) is 13.0 Å². The maximum atomic E-state index is 10.6. The van der Waals surface area contributed by atoms with E-state index in [1.54, 1.807) is 13.2 Å². The van der Waals surface area contributed by atoms with E-state index in [9.17, 15) is 10.2 Å². The first-order chi connectivity index (χ1) is 12.5. The summed E-state index contributed by atoms with van der Waals surface area (Å²) in [4.78, 5) is 5.12. The number of aliphatic hydroxyl groups excluding tert-OH is 1. The predicted molar refractivity (Wildman–Crippen MR) is 99.7 cm³/mol. The van der Waals surface area contributed by atoms with Crippen LogP contribution in [0.2, 0.25) is 0 Å². The van der Waals surface area contributed by atoms with Crippen molar-refractivity contribution in [1.29, 1.82) is 0 Å². The Labute approximate surface area is 155 Å². The summed E-state index contributed by atoms with van der Waals surface area (Å²) in [7, 11) is 1.57. The average molecular weight is 359 g/mol. The Morgan fingerprint density at radius 2 is 2.08 bits per heavy atom. The fourth-order valence-electron chi connectivity index (χ4n) is 5.87. The number of phenols is 1. The summed E-state index contributed by atoms with van der Waals surface area (Å²) >= 11 is 0. The lowest BCUT2D eigenvalue weighted by Crippen LogP contribution is -2.45. The summed E-state index contributed by atoms with van der Waals surface area (Å²) < 4.78 is 5.64. The summed E-state index contributed by atoms with van der Waals surface area (Å²) in [6, 6.07) is 3.79. The highest BCUT2D eigenvalue weighted by Crippen LogP contribution is 2.61. The molecular formula is C21H29NO4. The molecule has 1 aromatic rings. The van der Waals surface area contributed by atoms with Crippen molar-refractivity contribution in [2.75, 3.05) is 13.7 Å². The zero-order valence-corrected chi connectivity index (χ0v) is 15.9. The van der Waals surface area contributed by atoms with Gasteiger partial charge in [0, 0.05) is 5.56 Å². The highest BCUT2D eigenvalue weighted by Gasteiger charge is 2.55. The maximum absolute atomic E-state index is 10.6. The van der Waals surface area contributed by atoms with Crippen molar-refractivity contribution in [3.8, 4) is 11.5 Å². The smallest absolute Gasteiger partial charge is 0.161 e.